The van der Waals surface area contributed by atoms with Gasteiger partial charge in [0.05, 0.1) is 36.7 Å². The van der Waals surface area contributed by atoms with Gasteiger partial charge in [-0.05, 0) is 42.8 Å². The van der Waals surface area contributed by atoms with E-state index in [2.05, 4.69) is 4.72 Å². The Labute approximate surface area is 180 Å². The van der Waals surface area contributed by atoms with Crippen molar-refractivity contribution in [3.05, 3.63) is 48.0 Å². The van der Waals surface area contributed by atoms with E-state index < -0.39 is 28.5 Å². The van der Waals surface area contributed by atoms with Gasteiger partial charge in [0.25, 0.3) is 0 Å². The molecule has 1 heterocycles. The summed E-state index contributed by atoms with van der Waals surface area (Å²) < 4.78 is 39.4. The van der Waals surface area contributed by atoms with Crippen molar-refractivity contribution in [2.24, 2.45) is 0 Å². The van der Waals surface area contributed by atoms with Crippen molar-refractivity contribution in [2.45, 2.75) is 37.3 Å². The molecule has 2 N–H and O–H groups in total. The van der Waals surface area contributed by atoms with Gasteiger partial charge >= 0.3 is 5.97 Å². The number of nitrogens with one attached hydrogen (secondary N) is 1. The second kappa shape index (κ2) is 8.94. The third-order valence-electron chi connectivity index (χ3n) is 4.87. The number of carbonyl (C=O) groups excluding carboxylic acids is 1. The van der Waals surface area contributed by atoms with Crippen molar-refractivity contribution < 1.29 is 32.6 Å². The van der Waals surface area contributed by atoms with E-state index in [1.54, 1.807) is 24.3 Å². The summed E-state index contributed by atoms with van der Waals surface area (Å²) in [7, 11) is -2.61. The maximum absolute atomic E-state index is 13.1. The highest BCUT2D eigenvalue weighted by atomic mass is 32.2. The van der Waals surface area contributed by atoms with Crippen LogP contribution in [0.2, 0.25) is 0 Å². The molecule has 0 aromatic heterocycles. The molecule has 0 fully saturated rings. The van der Waals surface area contributed by atoms with Crippen LogP contribution in [0, 0.1) is 0 Å². The minimum absolute atomic E-state index is 0.0976. The van der Waals surface area contributed by atoms with Crippen LogP contribution >= 0.6 is 0 Å². The highest BCUT2D eigenvalue weighted by Crippen LogP contribution is 2.36. The van der Waals surface area contributed by atoms with E-state index in [0.29, 0.717) is 29.3 Å². The van der Waals surface area contributed by atoms with Crippen LogP contribution in [-0.4, -0.2) is 45.2 Å². The van der Waals surface area contributed by atoms with Gasteiger partial charge in [-0.15, -0.1) is 0 Å². The zero-order valence-electron chi connectivity index (χ0n) is 17.4. The van der Waals surface area contributed by atoms with E-state index in [1.807, 2.05) is 6.92 Å². The topological polar surface area (TPSA) is 122 Å². The fourth-order valence-electron chi connectivity index (χ4n) is 3.38. The van der Waals surface area contributed by atoms with Crippen molar-refractivity contribution in [1.29, 1.82) is 0 Å². The summed E-state index contributed by atoms with van der Waals surface area (Å²) in [5, 5.41) is 9.27. The number of hydrogen-bond donors (Lipinski definition) is 2. The van der Waals surface area contributed by atoms with Crippen molar-refractivity contribution in [3.8, 4) is 11.5 Å². The van der Waals surface area contributed by atoms with Crippen LogP contribution in [0.4, 0.5) is 5.69 Å². The number of carbonyl (C=O) groups is 2. The number of sulfonamides is 1. The van der Waals surface area contributed by atoms with Crippen LogP contribution in [-0.2, 0) is 19.6 Å². The summed E-state index contributed by atoms with van der Waals surface area (Å²) in [4.78, 5) is 24.7. The molecular weight excluding hydrogens is 424 g/mol. The summed E-state index contributed by atoms with van der Waals surface area (Å²) >= 11 is 0. The quantitative estimate of drug-likeness (QED) is 0.666. The largest absolute Gasteiger partial charge is 0.497 e. The molecule has 0 saturated carbocycles. The van der Waals surface area contributed by atoms with Gasteiger partial charge in [-0.2, -0.15) is 0 Å². The van der Waals surface area contributed by atoms with Gasteiger partial charge in [0.2, 0.25) is 15.9 Å². The number of carboxylic acids is 1. The standard InChI is InChI=1S/C21H24N2O7S/c1-13-12-23(14(2)24)19-10-17(8-9-20(19)30-13)31(27,28)22-18(11-21(25)26)15-4-6-16(29-3)7-5-15/h4-10,13,18,22H,11-12H2,1-3H3,(H,25,26)/t13-,18-/m0/s1. The molecule has 2 aromatic carbocycles. The monoisotopic (exact) mass is 448 g/mol. The predicted molar refractivity (Wildman–Crippen MR) is 113 cm³/mol. The molecule has 0 radical (unpaired) electrons. The van der Waals surface area contributed by atoms with Crippen LogP contribution < -0.4 is 19.1 Å². The summed E-state index contributed by atoms with van der Waals surface area (Å²) in [5.74, 6) is -0.418. The first kappa shape index (κ1) is 22.6. The first-order chi connectivity index (χ1) is 14.6. The van der Waals surface area contributed by atoms with E-state index in [-0.39, 0.29) is 16.9 Å². The first-order valence-electron chi connectivity index (χ1n) is 9.57. The Morgan fingerprint density at radius 1 is 1.26 bits per heavy atom. The number of ether oxygens (including phenoxy) is 2. The van der Waals surface area contributed by atoms with Gasteiger partial charge in [0.1, 0.15) is 17.6 Å². The molecule has 2 atom stereocenters. The Balaban J connectivity index is 1.94. The molecule has 0 spiro atoms. The van der Waals surface area contributed by atoms with Crippen LogP contribution in [0.1, 0.15) is 31.9 Å². The Hall–Kier alpha value is -3.11. The molecule has 0 bridgehead atoms. The van der Waals surface area contributed by atoms with E-state index in [9.17, 15) is 23.1 Å². The Morgan fingerprint density at radius 2 is 1.94 bits per heavy atom. The first-order valence-corrected chi connectivity index (χ1v) is 11.1. The van der Waals surface area contributed by atoms with E-state index in [4.69, 9.17) is 9.47 Å². The fraction of sp³-hybridized carbons (Fsp3) is 0.333. The maximum atomic E-state index is 13.1. The number of carboxylic acid groups (broad SMARTS) is 1. The summed E-state index contributed by atoms with van der Waals surface area (Å²) in [6.07, 6.45) is -0.677. The number of nitrogens with zero attached hydrogens (tertiary/aromatic N) is 1. The van der Waals surface area contributed by atoms with E-state index in [0.717, 1.165) is 0 Å². The molecule has 0 saturated heterocycles. The Kier molecular flexibility index (Phi) is 6.51. The number of amides is 1. The molecule has 1 aliphatic heterocycles. The number of fused-ring (bicyclic) bond motifs is 1. The number of rotatable bonds is 7. The van der Waals surface area contributed by atoms with Crippen molar-refractivity contribution in [2.75, 3.05) is 18.6 Å². The molecule has 1 aliphatic rings. The van der Waals surface area contributed by atoms with Crippen LogP contribution in [0.5, 0.6) is 11.5 Å². The second-order valence-corrected chi connectivity index (χ2v) is 8.95. The van der Waals surface area contributed by atoms with Crippen molar-refractivity contribution in [3.63, 3.8) is 0 Å². The fourth-order valence-corrected chi connectivity index (χ4v) is 4.62. The number of methoxy groups -OCH3 is 1. The van der Waals surface area contributed by atoms with Gasteiger partial charge < -0.3 is 19.5 Å². The zero-order valence-corrected chi connectivity index (χ0v) is 18.2. The molecule has 9 nitrogen and oxygen atoms in total. The lowest BCUT2D eigenvalue weighted by Gasteiger charge is -2.33. The van der Waals surface area contributed by atoms with Crippen molar-refractivity contribution in [1.82, 2.24) is 4.72 Å². The lowest BCUT2D eigenvalue weighted by Crippen LogP contribution is -2.41. The molecule has 166 valence electrons. The molecule has 0 unspecified atom stereocenters. The highest BCUT2D eigenvalue weighted by molar-refractivity contribution is 7.89. The van der Waals surface area contributed by atoms with Crippen LogP contribution in [0.15, 0.2) is 47.4 Å². The lowest BCUT2D eigenvalue weighted by atomic mass is 10.0. The molecule has 1 amide bonds. The van der Waals surface area contributed by atoms with Gasteiger partial charge in [0.15, 0.2) is 0 Å². The summed E-state index contributed by atoms with van der Waals surface area (Å²) in [6.45, 7) is 3.51. The number of anilines is 1. The average molecular weight is 448 g/mol. The van der Waals surface area contributed by atoms with Gasteiger partial charge in [-0.3, -0.25) is 9.59 Å². The van der Waals surface area contributed by atoms with E-state index >= 15 is 0 Å². The zero-order chi connectivity index (χ0) is 22.8. The van der Waals surface area contributed by atoms with Gasteiger partial charge in [0, 0.05) is 6.92 Å². The lowest BCUT2D eigenvalue weighted by molar-refractivity contribution is -0.137. The summed E-state index contributed by atoms with van der Waals surface area (Å²) in [5.41, 5.74) is 0.833. The predicted octanol–water partition coefficient (Wildman–Crippen LogP) is 2.32. The summed E-state index contributed by atoms with van der Waals surface area (Å²) in [6, 6.07) is 9.68. The number of benzene rings is 2. The molecular formula is C21H24N2O7S. The number of aliphatic carboxylic acids is 1. The smallest absolute Gasteiger partial charge is 0.305 e. The molecule has 2 aromatic rings. The van der Waals surface area contributed by atoms with Crippen LogP contribution in [0.25, 0.3) is 0 Å². The number of hydrogen-bond acceptors (Lipinski definition) is 6. The normalized spacial score (nSPS) is 16.7. The minimum Gasteiger partial charge on any atom is -0.497 e. The van der Waals surface area contributed by atoms with Gasteiger partial charge in [-0.1, -0.05) is 12.1 Å². The van der Waals surface area contributed by atoms with Gasteiger partial charge in [-0.25, -0.2) is 13.1 Å². The average Bonchev–Trinajstić information content (AvgIpc) is 2.71. The minimum atomic E-state index is -4.10. The van der Waals surface area contributed by atoms with Crippen LogP contribution in [0.3, 0.4) is 0 Å². The maximum Gasteiger partial charge on any atom is 0.305 e. The molecule has 10 heteroatoms. The molecule has 3 rings (SSSR count). The third kappa shape index (κ3) is 5.15. The SMILES string of the molecule is COc1ccc([C@H](CC(=O)O)NS(=O)(=O)c2ccc3c(c2)N(C(C)=O)C[C@H](C)O3)cc1. The molecule has 31 heavy (non-hydrogen) atoms. The highest BCUT2D eigenvalue weighted by Gasteiger charge is 2.29. The van der Waals surface area contributed by atoms with E-state index in [1.165, 1.54) is 37.1 Å². The van der Waals surface area contributed by atoms with Crippen molar-refractivity contribution >= 4 is 27.6 Å². The second-order valence-electron chi connectivity index (χ2n) is 7.23. The Bertz CT molecular complexity index is 1080. The Morgan fingerprint density at radius 3 is 2.52 bits per heavy atom. The third-order valence-corrected chi connectivity index (χ3v) is 6.34. The molecule has 0 aliphatic carbocycles.